The van der Waals surface area contributed by atoms with E-state index in [1.807, 2.05) is 12.1 Å². The van der Waals surface area contributed by atoms with E-state index in [0.29, 0.717) is 6.54 Å². The van der Waals surface area contributed by atoms with Gasteiger partial charge in [-0.15, -0.1) is 0 Å². The summed E-state index contributed by atoms with van der Waals surface area (Å²) in [6.45, 7) is 4.72. The molecule has 0 aliphatic heterocycles. The second-order valence-electron chi connectivity index (χ2n) is 5.42. The number of nitrogens with two attached hydrogens (primary N) is 1. The molecule has 0 saturated heterocycles. The number of nitrogens with zero attached hydrogens (tertiary/aromatic N) is 1. The predicted octanol–water partition coefficient (Wildman–Crippen LogP) is 3.50. The Hall–Kier alpha value is -2.20. The van der Waals surface area contributed by atoms with Crippen molar-refractivity contribution in [1.82, 2.24) is 0 Å². The fourth-order valence-corrected chi connectivity index (χ4v) is 2.56. The van der Waals surface area contributed by atoms with Gasteiger partial charge in [0.15, 0.2) is 0 Å². The summed E-state index contributed by atoms with van der Waals surface area (Å²) in [6, 6.07) is 13.1. The summed E-state index contributed by atoms with van der Waals surface area (Å²) >= 11 is 0. The zero-order chi connectivity index (χ0) is 15.4. The summed E-state index contributed by atoms with van der Waals surface area (Å²) in [6.07, 6.45) is 0.790. The normalized spacial score (nSPS) is 12.1. The van der Waals surface area contributed by atoms with Gasteiger partial charge in [-0.25, -0.2) is 0 Å². The highest BCUT2D eigenvalue weighted by Crippen LogP contribution is 2.25. The summed E-state index contributed by atoms with van der Waals surface area (Å²) < 4.78 is 0. The molecule has 0 saturated carbocycles. The molecule has 0 aliphatic carbocycles. The highest BCUT2D eigenvalue weighted by molar-refractivity contribution is 5.37. The first-order valence-electron chi connectivity index (χ1n) is 7.02. The molecule has 0 aromatic heterocycles. The van der Waals surface area contributed by atoms with E-state index in [4.69, 9.17) is 5.73 Å². The molecule has 4 nitrogen and oxygen atoms in total. The van der Waals surface area contributed by atoms with Gasteiger partial charge in [-0.3, -0.25) is 10.1 Å². The third-order valence-electron chi connectivity index (χ3n) is 3.79. The molecule has 4 heteroatoms. The molecule has 0 spiro atoms. The molecule has 2 N–H and O–H groups in total. The SMILES string of the molecule is Cc1ccc(C)c(C(CN)Cc2ccc([N+](=O)[O-])cc2)c1. The van der Waals surface area contributed by atoms with Gasteiger partial charge < -0.3 is 5.73 Å². The monoisotopic (exact) mass is 284 g/mol. The number of rotatable bonds is 5. The van der Waals surface area contributed by atoms with Crippen LogP contribution in [0.15, 0.2) is 42.5 Å². The van der Waals surface area contributed by atoms with Crippen molar-refractivity contribution < 1.29 is 4.92 Å². The lowest BCUT2D eigenvalue weighted by Crippen LogP contribution is -2.16. The van der Waals surface area contributed by atoms with Crippen molar-refractivity contribution in [3.8, 4) is 0 Å². The first-order chi connectivity index (χ1) is 10.0. The average molecular weight is 284 g/mol. The van der Waals surface area contributed by atoms with Crippen molar-refractivity contribution in [1.29, 1.82) is 0 Å². The zero-order valence-electron chi connectivity index (χ0n) is 12.4. The molecule has 2 aromatic carbocycles. The smallest absolute Gasteiger partial charge is 0.269 e. The Balaban J connectivity index is 2.22. The second kappa shape index (κ2) is 6.50. The maximum Gasteiger partial charge on any atom is 0.269 e. The minimum absolute atomic E-state index is 0.120. The third kappa shape index (κ3) is 3.67. The second-order valence-corrected chi connectivity index (χ2v) is 5.42. The van der Waals surface area contributed by atoms with Crippen molar-refractivity contribution in [3.05, 3.63) is 74.8 Å². The number of non-ortho nitro benzene ring substituents is 1. The summed E-state index contributed by atoms with van der Waals surface area (Å²) in [7, 11) is 0. The predicted molar refractivity (Wildman–Crippen MR) is 84.5 cm³/mol. The molecule has 2 aromatic rings. The van der Waals surface area contributed by atoms with Gasteiger partial charge in [0.05, 0.1) is 4.92 Å². The maximum atomic E-state index is 10.7. The van der Waals surface area contributed by atoms with Crippen LogP contribution < -0.4 is 5.73 Å². The van der Waals surface area contributed by atoms with Crippen LogP contribution in [0.25, 0.3) is 0 Å². The molecular weight excluding hydrogens is 264 g/mol. The lowest BCUT2D eigenvalue weighted by molar-refractivity contribution is -0.384. The summed E-state index contributed by atoms with van der Waals surface area (Å²) in [4.78, 5) is 10.3. The first kappa shape index (κ1) is 15.2. The third-order valence-corrected chi connectivity index (χ3v) is 3.79. The first-order valence-corrected chi connectivity index (χ1v) is 7.02. The Morgan fingerprint density at radius 2 is 1.81 bits per heavy atom. The van der Waals surface area contributed by atoms with Crippen LogP contribution in [0.4, 0.5) is 5.69 Å². The molecule has 0 aliphatic rings. The number of hydrogen-bond acceptors (Lipinski definition) is 3. The molecule has 21 heavy (non-hydrogen) atoms. The molecule has 2 rings (SSSR count). The topological polar surface area (TPSA) is 69.2 Å². The Bertz CT molecular complexity index is 636. The van der Waals surface area contributed by atoms with Gasteiger partial charge in [-0.05, 0) is 43.5 Å². The van der Waals surface area contributed by atoms with E-state index in [0.717, 1.165) is 12.0 Å². The van der Waals surface area contributed by atoms with E-state index < -0.39 is 0 Å². The van der Waals surface area contributed by atoms with Crippen molar-refractivity contribution in [3.63, 3.8) is 0 Å². The minimum Gasteiger partial charge on any atom is -0.330 e. The molecule has 1 atom stereocenters. The van der Waals surface area contributed by atoms with Gasteiger partial charge >= 0.3 is 0 Å². The van der Waals surface area contributed by atoms with Crippen molar-refractivity contribution in [2.75, 3.05) is 6.54 Å². The summed E-state index contributed by atoms with van der Waals surface area (Å²) in [5.74, 6) is 0.228. The van der Waals surface area contributed by atoms with Crippen molar-refractivity contribution in [2.24, 2.45) is 5.73 Å². The van der Waals surface area contributed by atoms with Gasteiger partial charge in [0.1, 0.15) is 0 Å². The van der Waals surface area contributed by atoms with E-state index in [2.05, 4.69) is 32.0 Å². The fourth-order valence-electron chi connectivity index (χ4n) is 2.56. The highest BCUT2D eigenvalue weighted by atomic mass is 16.6. The van der Waals surface area contributed by atoms with Crippen LogP contribution in [-0.4, -0.2) is 11.5 Å². The number of nitro groups is 1. The molecule has 0 heterocycles. The minimum atomic E-state index is -0.380. The zero-order valence-corrected chi connectivity index (χ0v) is 12.4. The van der Waals surface area contributed by atoms with Gasteiger partial charge in [0, 0.05) is 18.1 Å². The quantitative estimate of drug-likeness (QED) is 0.675. The van der Waals surface area contributed by atoms with Gasteiger partial charge in [0.2, 0.25) is 0 Å². The molecule has 110 valence electrons. The Morgan fingerprint density at radius 3 is 2.38 bits per heavy atom. The van der Waals surface area contributed by atoms with Gasteiger partial charge in [0.25, 0.3) is 5.69 Å². The highest BCUT2D eigenvalue weighted by Gasteiger charge is 2.14. The number of aryl methyl sites for hydroxylation is 2. The molecule has 0 amide bonds. The molecule has 1 unspecified atom stereocenters. The Kier molecular flexibility index (Phi) is 4.70. The van der Waals surface area contributed by atoms with Crippen LogP contribution in [0, 0.1) is 24.0 Å². The number of benzene rings is 2. The van der Waals surface area contributed by atoms with E-state index >= 15 is 0 Å². The van der Waals surface area contributed by atoms with Crippen LogP contribution in [0.5, 0.6) is 0 Å². The van der Waals surface area contributed by atoms with Crippen molar-refractivity contribution >= 4 is 5.69 Å². The number of nitro benzene ring substituents is 1. The van der Waals surface area contributed by atoms with Crippen LogP contribution in [-0.2, 0) is 6.42 Å². The standard InChI is InChI=1S/C17H20N2O2/c1-12-3-4-13(2)17(9-12)15(11-18)10-14-5-7-16(8-6-14)19(20)21/h3-9,15H,10-11,18H2,1-2H3. The number of hydrogen-bond donors (Lipinski definition) is 1. The summed E-state index contributed by atoms with van der Waals surface area (Å²) in [5.41, 5.74) is 10.8. The summed E-state index contributed by atoms with van der Waals surface area (Å²) in [5, 5.41) is 10.7. The van der Waals surface area contributed by atoms with Crippen LogP contribution in [0.2, 0.25) is 0 Å². The molecule has 0 fully saturated rings. The van der Waals surface area contributed by atoms with E-state index in [1.54, 1.807) is 12.1 Å². The molecule has 0 radical (unpaired) electrons. The van der Waals surface area contributed by atoms with E-state index in [1.165, 1.54) is 16.7 Å². The Morgan fingerprint density at radius 1 is 1.14 bits per heavy atom. The van der Waals surface area contributed by atoms with E-state index in [9.17, 15) is 10.1 Å². The molecule has 0 bridgehead atoms. The van der Waals surface area contributed by atoms with Crippen LogP contribution in [0.1, 0.15) is 28.2 Å². The van der Waals surface area contributed by atoms with Crippen molar-refractivity contribution in [2.45, 2.75) is 26.2 Å². The average Bonchev–Trinajstić information content (AvgIpc) is 2.48. The lowest BCUT2D eigenvalue weighted by Gasteiger charge is -2.18. The lowest BCUT2D eigenvalue weighted by atomic mass is 9.88. The largest absolute Gasteiger partial charge is 0.330 e. The fraction of sp³-hybridized carbons (Fsp3) is 0.294. The Labute approximate surface area is 124 Å². The van der Waals surface area contributed by atoms with Gasteiger partial charge in [-0.1, -0.05) is 35.9 Å². The molecular formula is C17H20N2O2. The van der Waals surface area contributed by atoms with E-state index in [-0.39, 0.29) is 16.5 Å². The maximum absolute atomic E-state index is 10.7. The van der Waals surface area contributed by atoms with Gasteiger partial charge in [-0.2, -0.15) is 0 Å². The van der Waals surface area contributed by atoms with Crippen LogP contribution in [0.3, 0.4) is 0 Å². The van der Waals surface area contributed by atoms with Crippen LogP contribution >= 0.6 is 0 Å².